The molecule has 0 spiro atoms. The number of ketones is 1. The van der Waals surface area contributed by atoms with Crippen molar-refractivity contribution >= 4 is 5.78 Å². The fourth-order valence-electron chi connectivity index (χ4n) is 1.94. The van der Waals surface area contributed by atoms with Crippen LogP contribution in [0.15, 0.2) is 18.2 Å². The van der Waals surface area contributed by atoms with Crippen molar-refractivity contribution in [2.24, 2.45) is 5.41 Å². The molecular formula is C16H24O3. The first-order valence-corrected chi connectivity index (χ1v) is 6.58. The van der Waals surface area contributed by atoms with Gasteiger partial charge in [0.15, 0.2) is 5.78 Å². The van der Waals surface area contributed by atoms with Crippen LogP contribution < -0.4 is 4.74 Å². The second-order valence-corrected chi connectivity index (χ2v) is 6.17. The van der Waals surface area contributed by atoms with Crippen LogP contribution >= 0.6 is 0 Å². The first-order chi connectivity index (χ1) is 8.68. The van der Waals surface area contributed by atoms with Gasteiger partial charge < -0.3 is 9.84 Å². The topological polar surface area (TPSA) is 46.5 Å². The molecule has 0 radical (unpaired) electrons. The third kappa shape index (κ3) is 3.57. The Morgan fingerprint density at radius 1 is 1.26 bits per heavy atom. The summed E-state index contributed by atoms with van der Waals surface area (Å²) < 4.78 is 5.30. The molecule has 1 N–H and O–H groups in total. The molecule has 1 rings (SSSR count). The van der Waals surface area contributed by atoms with Gasteiger partial charge in [0.2, 0.25) is 0 Å². The minimum atomic E-state index is -1.08. The molecule has 1 aromatic rings. The average Bonchev–Trinajstić information content (AvgIpc) is 2.34. The Morgan fingerprint density at radius 3 is 2.26 bits per heavy atom. The van der Waals surface area contributed by atoms with Gasteiger partial charge in [0.25, 0.3) is 0 Å². The van der Waals surface area contributed by atoms with Gasteiger partial charge in [0.1, 0.15) is 11.9 Å². The second kappa shape index (κ2) is 5.74. The fourth-order valence-corrected chi connectivity index (χ4v) is 1.94. The van der Waals surface area contributed by atoms with E-state index in [9.17, 15) is 9.90 Å². The Labute approximate surface area is 115 Å². The van der Waals surface area contributed by atoms with Crippen LogP contribution in [-0.4, -0.2) is 18.0 Å². The van der Waals surface area contributed by atoms with Crippen molar-refractivity contribution in [3.63, 3.8) is 0 Å². The predicted molar refractivity (Wildman–Crippen MR) is 76.5 cm³/mol. The number of hydrogen-bond donors (Lipinski definition) is 1. The molecule has 0 heterocycles. The van der Waals surface area contributed by atoms with Crippen molar-refractivity contribution < 1.29 is 14.6 Å². The highest BCUT2D eigenvalue weighted by molar-refractivity contribution is 5.88. The number of aliphatic hydroxyl groups is 1. The lowest BCUT2D eigenvalue weighted by Gasteiger charge is -2.22. The molecule has 0 aliphatic rings. The lowest BCUT2D eigenvalue weighted by molar-refractivity contribution is -0.135. The summed E-state index contributed by atoms with van der Waals surface area (Å²) in [4.78, 5) is 12.1. The zero-order valence-corrected chi connectivity index (χ0v) is 12.7. The van der Waals surface area contributed by atoms with Crippen LogP contribution in [0.2, 0.25) is 0 Å². The highest BCUT2D eigenvalue weighted by atomic mass is 16.5. The van der Waals surface area contributed by atoms with Crippen molar-refractivity contribution in [1.29, 1.82) is 0 Å². The normalized spacial score (nSPS) is 13.5. The van der Waals surface area contributed by atoms with E-state index in [1.54, 1.807) is 13.2 Å². The lowest BCUT2D eigenvalue weighted by Crippen LogP contribution is -2.26. The Balaban J connectivity index is 3.15. The van der Waals surface area contributed by atoms with Gasteiger partial charge in [-0.05, 0) is 29.2 Å². The fraction of sp³-hybridized carbons (Fsp3) is 0.562. The number of carbonyl (C=O) groups excluding carboxylic acids is 1. The van der Waals surface area contributed by atoms with Crippen LogP contribution in [0, 0.1) is 5.41 Å². The number of methoxy groups -OCH3 is 1. The van der Waals surface area contributed by atoms with E-state index in [0.717, 1.165) is 11.3 Å². The van der Waals surface area contributed by atoms with Crippen LogP contribution in [0.1, 0.15) is 57.8 Å². The molecule has 3 nitrogen and oxygen atoms in total. The Bertz CT molecular complexity index is 456. The summed E-state index contributed by atoms with van der Waals surface area (Å²) in [6, 6.07) is 5.42. The number of aliphatic hydroxyl groups excluding tert-OH is 1. The van der Waals surface area contributed by atoms with Crippen molar-refractivity contribution in [2.45, 2.75) is 46.6 Å². The minimum absolute atomic E-state index is 0.174. The van der Waals surface area contributed by atoms with Gasteiger partial charge in [-0.15, -0.1) is 0 Å². The molecule has 1 aromatic carbocycles. The van der Waals surface area contributed by atoms with E-state index in [0.29, 0.717) is 5.56 Å². The maximum atomic E-state index is 12.1. The molecule has 106 valence electrons. The van der Waals surface area contributed by atoms with Gasteiger partial charge in [-0.2, -0.15) is 0 Å². The summed E-state index contributed by atoms with van der Waals surface area (Å²) in [7, 11) is 1.62. The number of ether oxygens (including phenoxy) is 1. The van der Waals surface area contributed by atoms with Crippen LogP contribution in [0.5, 0.6) is 5.75 Å². The molecule has 1 unspecified atom stereocenters. The summed E-state index contributed by atoms with van der Waals surface area (Å²) in [6.45, 7) is 9.54. The van der Waals surface area contributed by atoms with Gasteiger partial charge in [0, 0.05) is 5.41 Å². The molecule has 1 atom stereocenters. The predicted octanol–water partition coefficient (Wildman–Crippen LogP) is 3.47. The summed E-state index contributed by atoms with van der Waals surface area (Å²) >= 11 is 0. The molecule has 0 bridgehead atoms. The smallest absolute Gasteiger partial charge is 0.171 e. The summed E-state index contributed by atoms with van der Waals surface area (Å²) in [5.74, 6) is 0.883. The molecular weight excluding hydrogens is 240 g/mol. The SMILES string of the molecule is COc1ccc(C(O)C(=O)C(C)(C)C)cc1C(C)C. The zero-order valence-electron chi connectivity index (χ0n) is 12.7. The molecule has 0 saturated carbocycles. The maximum Gasteiger partial charge on any atom is 0.171 e. The molecule has 0 fully saturated rings. The monoisotopic (exact) mass is 264 g/mol. The van der Waals surface area contributed by atoms with E-state index >= 15 is 0 Å². The standard InChI is InChI=1S/C16H24O3/c1-10(2)12-9-11(7-8-13(12)19-6)14(17)15(18)16(3,4)5/h7-10,14,17H,1-6H3. The highest BCUT2D eigenvalue weighted by Gasteiger charge is 2.29. The average molecular weight is 264 g/mol. The number of Topliss-reactive ketones (excluding diaryl/α,β-unsaturated/α-hetero) is 1. The summed E-state index contributed by atoms with van der Waals surface area (Å²) in [5.41, 5.74) is 1.07. The van der Waals surface area contributed by atoms with Crippen molar-refractivity contribution in [3.05, 3.63) is 29.3 Å². The third-order valence-electron chi connectivity index (χ3n) is 3.18. The third-order valence-corrected chi connectivity index (χ3v) is 3.18. The van der Waals surface area contributed by atoms with Crippen molar-refractivity contribution in [1.82, 2.24) is 0 Å². The molecule has 0 aliphatic heterocycles. The summed E-state index contributed by atoms with van der Waals surface area (Å²) in [5, 5.41) is 10.2. The molecule has 0 amide bonds. The Hall–Kier alpha value is -1.35. The minimum Gasteiger partial charge on any atom is -0.496 e. The van der Waals surface area contributed by atoms with E-state index in [1.807, 2.05) is 32.9 Å². The van der Waals surface area contributed by atoms with E-state index in [2.05, 4.69) is 13.8 Å². The van der Waals surface area contributed by atoms with Crippen LogP contribution in [0.25, 0.3) is 0 Å². The lowest BCUT2D eigenvalue weighted by atomic mass is 9.84. The molecule has 19 heavy (non-hydrogen) atoms. The number of rotatable bonds is 4. The van der Waals surface area contributed by atoms with E-state index < -0.39 is 11.5 Å². The molecule has 0 saturated heterocycles. The number of carbonyl (C=O) groups is 1. The largest absolute Gasteiger partial charge is 0.496 e. The van der Waals surface area contributed by atoms with Crippen molar-refractivity contribution in [2.75, 3.05) is 7.11 Å². The van der Waals surface area contributed by atoms with E-state index in [1.165, 1.54) is 0 Å². The van der Waals surface area contributed by atoms with Crippen LogP contribution in [-0.2, 0) is 4.79 Å². The maximum absolute atomic E-state index is 12.1. The van der Waals surface area contributed by atoms with E-state index in [4.69, 9.17) is 4.74 Å². The van der Waals surface area contributed by atoms with E-state index in [-0.39, 0.29) is 11.7 Å². The highest BCUT2D eigenvalue weighted by Crippen LogP contribution is 2.32. The Kier molecular flexibility index (Phi) is 4.75. The van der Waals surface area contributed by atoms with Gasteiger partial charge in [-0.3, -0.25) is 4.79 Å². The first-order valence-electron chi connectivity index (χ1n) is 6.58. The number of benzene rings is 1. The van der Waals surface area contributed by atoms with Gasteiger partial charge in [-0.1, -0.05) is 40.7 Å². The van der Waals surface area contributed by atoms with Gasteiger partial charge in [-0.25, -0.2) is 0 Å². The van der Waals surface area contributed by atoms with Gasteiger partial charge >= 0.3 is 0 Å². The quantitative estimate of drug-likeness (QED) is 0.905. The molecule has 3 heteroatoms. The van der Waals surface area contributed by atoms with Crippen molar-refractivity contribution in [3.8, 4) is 5.75 Å². The molecule has 0 aliphatic carbocycles. The Morgan fingerprint density at radius 2 is 1.84 bits per heavy atom. The van der Waals surface area contributed by atoms with Crippen LogP contribution in [0.4, 0.5) is 0 Å². The molecule has 0 aromatic heterocycles. The zero-order chi connectivity index (χ0) is 14.8. The summed E-state index contributed by atoms with van der Waals surface area (Å²) in [6.07, 6.45) is -1.08. The van der Waals surface area contributed by atoms with Crippen LogP contribution in [0.3, 0.4) is 0 Å². The second-order valence-electron chi connectivity index (χ2n) is 6.17. The number of hydrogen-bond acceptors (Lipinski definition) is 3. The van der Waals surface area contributed by atoms with Gasteiger partial charge in [0.05, 0.1) is 7.11 Å². The first kappa shape index (κ1) is 15.7.